The van der Waals surface area contributed by atoms with E-state index in [-0.39, 0.29) is 40.7 Å². The van der Waals surface area contributed by atoms with Crippen molar-refractivity contribution in [3.05, 3.63) is 45.3 Å². The molecule has 6 heterocycles. The summed E-state index contributed by atoms with van der Waals surface area (Å²) in [6.07, 6.45) is -0.890. The molecular formula is C34H44ClF3N8O3S. The van der Waals surface area contributed by atoms with Crippen molar-refractivity contribution in [3.8, 4) is 0 Å². The third-order valence-electron chi connectivity index (χ3n) is 11.3. The number of benzene rings is 1. The van der Waals surface area contributed by atoms with E-state index < -0.39 is 23.8 Å². The molecule has 5 aliphatic heterocycles. The summed E-state index contributed by atoms with van der Waals surface area (Å²) in [5.41, 5.74) is 0.107. The van der Waals surface area contributed by atoms with Crippen LogP contribution >= 0.6 is 22.9 Å². The fourth-order valence-corrected chi connectivity index (χ4v) is 9.72. The van der Waals surface area contributed by atoms with Crippen LogP contribution in [0.15, 0.2) is 23.6 Å². The van der Waals surface area contributed by atoms with E-state index in [4.69, 9.17) is 11.6 Å². The second kappa shape index (κ2) is 14.0. The number of rotatable bonds is 7. The number of anilines is 2. The summed E-state index contributed by atoms with van der Waals surface area (Å²) in [7, 11) is 3.54. The van der Waals surface area contributed by atoms with Gasteiger partial charge in [0.25, 0.3) is 0 Å². The Morgan fingerprint density at radius 2 is 1.72 bits per heavy atom. The van der Waals surface area contributed by atoms with Crippen molar-refractivity contribution in [1.82, 2.24) is 29.8 Å². The van der Waals surface area contributed by atoms with Gasteiger partial charge in [-0.2, -0.15) is 13.2 Å². The molecule has 2 aromatic rings. The Kier molecular flexibility index (Phi) is 9.87. The van der Waals surface area contributed by atoms with Gasteiger partial charge in [-0.05, 0) is 68.3 Å². The summed E-state index contributed by atoms with van der Waals surface area (Å²) < 4.78 is 42.1. The van der Waals surface area contributed by atoms with Crippen molar-refractivity contribution in [2.45, 2.75) is 81.5 Å². The van der Waals surface area contributed by atoms with Crippen LogP contribution in [0.3, 0.4) is 0 Å². The maximum absolute atomic E-state index is 14.1. The number of amides is 5. The van der Waals surface area contributed by atoms with Gasteiger partial charge >= 0.3 is 18.2 Å². The molecule has 2 unspecified atom stereocenters. The molecule has 1 aromatic heterocycles. The molecule has 0 saturated carbocycles. The average Bonchev–Trinajstić information content (AvgIpc) is 3.82. The number of hydrogen-bond donors (Lipinski definition) is 3. The SMILES string of the molecule is CNc1c(Cl)cc(C[C@@H](NC(=O)N2CCC(N3Cc4ccsc4NC3=O)CC2)C(=O)N2CCC(N3CC4CC3CN4C)CC2)cc1C(F)(F)F. The normalized spacial score (nSPS) is 24.4. The number of likely N-dealkylation sites (tertiary alicyclic amines) is 4. The number of fused-ring (bicyclic) bond motifs is 3. The highest BCUT2D eigenvalue weighted by atomic mass is 35.5. The lowest BCUT2D eigenvalue weighted by Gasteiger charge is -2.43. The molecule has 272 valence electrons. The fourth-order valence-electron chi connectivity index (χ4n) is 8.59. The summed E-state index contributed by atoms with van der Waals surface area (Å²) in [4.78, 5) is 50.8. The predicted molar refractivity (Wildman–Crippen MR) is 187 cm³/mol. The van der Waals surface area contributed by atoms with Gasteiger partial charge in [0.1, 0.15) is 11.0 Å². The van der Waals surface area contributed by atoms with Gasteiger partial charge in [-0.1, -0.05) is 11.6 Å². The zero-order chi connectivity index (χ0) is 35.3. The van der Waals surface area contributed by atoms with Crippen molar-refractivity contribution in [3.63, 3.8) is 0 Å². The smallest absolute Gasteiger partial charge is 0.386 e. The van der Waals surface area contributed by atoms with Crippen molar-refractivity contribution >= 4 is 51.6 Å². The summed E-state index contributed by atoms with van der Waals surface area (Å²) in [6, 6.07) is 4.19. The van der Waals surface area contributed by atoms with Crippen LogP contribution < -0.4 is 16.0 Å². The van der Waals surface area contributed by atoms with E-state index in [1.807, 2.05) is 16.3 Å². The number of thiophene rings is 1. The van der Waals surface area contributed by atoms with Crippen molar-refractivity contribution < 1.29 is 27.6 Å². The molecule has 5 aliphatic rings. The monoisotopic (exact) mass is 736 g/mol. The Hall–Kier alpha value is -3.27. The summed E-state index contributed by atoms with van der Waals surface area (Å²) in [6.45, 7) is 4.39. The number of hydrogen-bond acceptors (Lipinski definition) is 7. The summed E-state index contributed by atoms with van der Waals surface area (Å²) in [5, 5.41) is 11.1. The van der Waals surface area contributed by atoms with Crippen LogP contribution in [0.25, 0.3) is 0 Å². The van der Waals surface area contributed by atoms with Crippen LogP contribution in [-0.4, -0.2) is 126 Å². The Balaban J connectivity index is 1.03. The Labute approximate surface area is 299 Å². The third-order valence-corrected chi connectivity index (χ3v) is 12.5. The standard InChI is InChI=1S/C34H44ClF3N8O3S/c1-39-29-26(34(36,37)38)13-20(14-27(29)35)15-28(31(47)43-8-3-22(4-9-43)45-19-24-16-25(45)18-42(24)2)40-32(48)44-10-5-23(6-11-44)46-17-21-7-12-50-30(21)41-33(46)49/h7,12-14,22-25,28,39H,3-6,8-11,15-19H2,1-2H3,(H,40,48)(H,41,49)/t24?,25?,28-/m1/s1. The first-order valence-electron chi connectivity index (χ1n) is 17.4. The number of carbonyl (C=O) groups is 3. The first kappa shape index (κ1) is 35.1. The lowest BCUT2D eigenvalue weighted by atomic mass is 9.98. The molecule has 4 saturated heterocycles. The molecule has 4 fully saturated rings. The lowest BCUT2D eigenvalue weighted by molar-refractivity contribution is -0.137. The fraction of sp³-hybridized carbons (Fsp3) is 0.618. The van der Waals surface area contributed by atoms with Crippen molar-refractivity contribution in [1.29, 1.82) is 0 Å². The Morgan fingerprint density at radius 1 is 1.02 bits per heavy atom. The van der Waals surface area contributed by atoms with Crippen LogP contribution in [0.4, 0.5) is 33.4 Å². The van der Waals surface area contributed by atoms with E-state index in [1.165, 1.54) is 30.9 Å². The number of piperidine rings is 2. The zero-order valence-electron chi connectivity index (χ0n) is 28.3. The topological polar surface area (TPSA) is 103 Å². The van der Waals surface area contributed by atoms with E-state index in [1.54, 1.807) is 9.80 Å². The largest absolute Gasteiger partial charge is 0.418 e. The molecule has 3 atom stereocenters. The van der Waals surface area contributed by atoms with Gasteiger partial charge in [0.05, 0.1) is 22.8 Å². The molecule has 0 radical (unpaired) electrons. The molecule has 16 heteroatoms. The van der Waals surface area contributed by atoms with Gasteiger partial charge in [-0.15, -0.1) is 11.3 Å². The molecule has 0 aliphatic carbocycles. The van der Waals surface area contributed by atoms with Crippen molar-refractivity contribution in [2.24, 2.45) is 0 Å². The van der Waals surface area contributed by atoms with Crippen LogP contribution in [0.2, 0.25) is 5.02 Å². The van der Waals surface area contributed by atoms with Gasteiger partial charge in [-0.3, -0.25) is 15.0 Å². The number of likely N-dealkylation sites (N-methyl/N-ethyl adjacent to an activating group) is 1. The zero-order valence-corrected chi connectivity index (χ0v) is 29.8. The predicted octanol–water partition coefficient (Wildman–Crippen LogP) is 4.97. The van der Waals surface area contributed by atoms with Gasteiger partial charge in [0, 0.05) is 82.5 Å². The highest BCUT2D eigenvalue weighted by Gasteiger charge is 2.45. The maximum atomic E-state index is 14.1. The summed E-state index contributed by atoms with van der Waals surface area (Å²) >= 11 is 7.80. The highest BCUT2D eigenvalue weighted by molar-refractivity contribution is 7.14. The van der Waals surface area contributed by atoms with E-state index in [9.17, 15) is 27.6 Å². The van der Waals surface area contributed by atoms with Crippen LogP contribution in [0.5, 0.6) is 0 Å². The Bertz CT molecular complexity index is 1610. The lowest BCUT2D eigenvalue weighted by Crippen LogP contribution is -2.58. The number of piperazine rings is 1. The van der Waals surface area contributed by atoms with Crippen molar-refractivity contribution in [2.75, 3.05) is 64.0 Å². The van der Waals surface area contributed by atoms with Crippen LogP contribution in [-0.2, 0) is 23.9 Å². The molecule has 2 bridgehead atoms. The minimum Gasteiger partial charge on any atom is -0.386 e. The summed E-state index contributed by atoms with van der Waals surface area (Å²) in [5.74, 6) is -0.312. The molecule has 11 nitrogen and oxygen atoms in total. The number of nitrogens with one attached hydrogen (secondary N) is 3. The van der Waals surface area contributed by atoms with Crippen LogP contribution in [0, 0.1) is 0 Å². The molecule has 50 heavy (non-hydrogen) atoms. The van der Waals surface area contributed by atoms with Gasteiger partial charge < -0.3 is 30.2 Å². The van der Waals surface area contributed by atoms with Crippen LogP contribution in [0.1, 0.15) is 48.8 Å². The van der Waals surface area contributed by atoms with E-state index in [0.717, 1.165) is 42.6 Å². The maximum Gasteiger partial charge on any atom is 0.418 e. The highest BCUT2D eigenvalue weighted by Crippen LogP contribution is 2.40. The molecule has 7 rings (SSSR count). The van der Waals surface area contributed by atoms with E-state index >= 15 is 0 Å². The third kappa shape index (κ3) is 6.98. The second-order valence-electron chi connectivity index (χ2n) is 14.2. The molecular weight excluding hydrogens is 693 g/mol. The first-order chi connectivity index (χ1) is 23.9. The van der Waals surface area contributed by atoms with E-state index in [2.05, 4.69) is 32.8 Å². The average molecular weight is 737 g/mol. The molecule has 0 spiro atoms. The minimum atomic E-state index is -4.67. The number of urea groups is 2. The Morgan fingerprint density at radius 3 is 2.36 bits per heavy atom. The van der Waals surface area contributed by atoms with E-state index in [0.29, 0.717) is 63.7 Å². The molecule has 3 N–H and O–H groups in total. The van der Waals surface area contributed by atoms with Gasteiger partial charge in [0.15, 0.2) is 0 Å². The minimum absolute atomic E-state index is 0.0503. The molecule has 1 aromatic carbocycles. The number of halogens is 4. The molecule has 5 amide bonds. The van der Waals surface area contributed by atoms with Gasteiger partial charge in [-0.25, -0.2) is 9.59 Å². The quantitative estimate of drug-likeness (QED) is 0.371. The first-order valence-corrected chi connectivity index (χ1v) is 18.7. The number of carbonyl (C=O) groups excluding carboxylic acids is 3. The number of alkyl halides is 3. The number of nitrogens with zero attached hydrogens (tertiary/aromatic N) is 5. The second-order valence-corrected chi connectivity index (χ2v) is 15.6. The van der Waals surface area contributed by atoms with Gasteiger partial charge in [0.2, 0.25) is 5.91 Å².